The summed E-state index contributed by atoms with van der Waals surface area (Å²) >= 11 is 0. The maximum Gasteiger partial charge on any atom is 0.260 e. The van der Waals surface area contributed by atoms with Crippen LogP contribution in [0.5, 0.6) is 0 Å². The minimum Gasteiger partial charge on any atom is -0.366 e. The Balaban J connectivity index is 1.52. The first kappa shape index (κ1) is 14.7. The molecule has 1 aromatic rings. The van der Waals surface area contributed by atoms with Gasteiger partial charge in [-0.2, -0.15) is 10.4 Å². The lowest BCUT2D eigenvalue weighted by atomic mass is 9.47. The lowest BCUT2D eigenvalue weighted by molar-refractivity contribution is -0.0723. The van der Waals surface area contributed by atoms with E-state index in [-0.39, 0.29) is 11.5 Å². The van der Waals surface area contributed by atoms with E-state index in [9.17, 15) is 14.0 Å². The van der Waals surface area contributed by atoms with Gasteiger partial charge in [0.25, 0.3) is 6.43 Å². The molecule has 1 aromatic heterocycles. The van der Waals surface area contributed by atoms with Gasteiger partial charge < -0.3 is 5.32 Å². The van der Waals surface area contributed by atoms with Gasteiger partial charge >= 0.3 is 0 Å². The van der Waals surface area contributed by atoms with E-state index in [0.717, 1.165) is 17.8 Å². The smallest absolute Gasteiger partial charge is 0.260 e. The molecule has 0 aromatic carbocycles. The van der Waals surface area contributed by atoms with Crippen molar-refractivity contribution in [2.45, 2.75) is 63.5 Å². The van der Waals surface area contributed by atoms with Crippen molar-refractivity contribution in [2.75, 3.05) is 5.32 Å². The summed E-state index contributed by atoms with van der Waals surface area (Å²) in [6.45, 7) is 0. The number of nitrogens with zero attached hydrogens (tertiary/aromatic N) is 3. The zero-order chi connectivity index (χ0) is 16.5. The summed E-state index contributed by atoms with van der Waals surface area (Å²) in [7, 11) is 0. The van der Waals surface area contributed by atoms with Gasteiger partial charge in [-0.3, -0.25) is 0 Å². The van der Waals surface area contributed by atoms with Crippen LogP contribution >= 0.6 is 0 Å². The van der Waals surface area contributed by atoms with Crippen molar-refractivity contribution in [3.8, 4) is 6.07 Å². The first-order valence-corrected chi connectivity index (χ1v) is 9.10. The molecule has 4 nitrogen and oxygen atoms in total. The largest absolute Gasteiger partial charge is 0.366 e. The molecule has 1 N–H and O–H groups in total. The molecule has 4 saturated carbocycles. The van der Waals surface area contributed by atoms with Crippen molar-refractivity contribution < 1.29 is 8.78 Å². The average Bonchev–Trinajstić information content (AvgIpc) is 2.95. The van der Waals surface area contributed by atoms with Crippen LogP contribution in [0.4, 0.5) is 14.6 Å². The predicted octanol–water partition coefficient (Wildman–Crippen LogP) is 3.96. The summed E-state index contributed by atoms with van der Waals surface area (Å²) < 4.78 is 28.7. The van der Waals surface area contributed by atoms with Crippen molar-refractivity contribution in [1.29, 1.82) is 5.26 Å². The molecule has 4 bridgehead atoms. The van der Waals surface area contributed by atoms with Crippen LogP contribution in [0.1, 0.15) is 56.6 Å². The summed E-state index contributed by atoms with van der Waals surface area (Å²) in [4.78, 5) is 0. The van der Waals surface area contributed by atoms with Crippen LogP contribution in [0.2, 0.25) is 0 Å². The van der Waals surface area contributed by atoms with E-state index in [1.165, 1.54) is 49.4 Å². The van der Waals surface area contributed by atoms with Crippen LogP contribution in [-0.4, -0.2) is 22.2 Å². The van der Waals surface area contributed by atoms with Gasteiger partial charge in [-0.05, 0) is 68.1 Å². The summed E-state index contributed by atoms with van der Waals surface area (Å²) in [6.07, 6.45) is 6.91. The van der Waals surface area contributed by atoms with Gasteiger partial charge in [0, 0.05) is 6.04 Å². The molecule has 1 aliphatic heterocycles. The van der Waals surface area contributed by atoms with Crippen molar-refractivity contribution >= 4 is 5.82 Å². The maximum atomic E-state index is 13.7. The molecule has 0 unspecified atom stereocenters. The molecule has 0 saturated heterocycles. The fourth-order valence-electron chi connectivity index (χ4n) is 6.62. The van der Waals surface area contributed by atoms with Gasteiger partial charge in [0.1, 0.15) is 23.5 Å². The zero-order valence-electron chi connectivity index (χ0n) is 13.6. The van der Waals surface area contributed by atoms with E-state index in [1.54, 1.807) is 0 Å². The van der Waals surface area contributed by atoms with Crippen molar-refractivity contribution in [3.63, 3.8) is 0 Å². The van der Waals surface area contributed by atoms with E-state index < -0.39 is 12.5 Å². The highest BCUT2D eigenvalue weighted by molar-refractivity contribution is 5.54. The van der Waals surface area contributed by atoms with Crippen LogP contribution in [0.15, 0.2) is 6.20 Å². The predicted molar refractivity (Wildman–Crippen MR) is 84.6 cm³/mol. The number of halogens is 2. The van der Waals surface area contributed by atoms with Crippen LogP contribution in [0, 0.1) is 34.5 Å². The van der Waals surface area contributed by atoms with E-state index in [4.69, 9.17) is 0 Å². The lowest BCUT2D eigenvalue weighted by Crippen LogP contribution is -2.56. The van der Waals surface area contributed by atoms with E-state index >= 15 is 0 Å². The van der Waals surface area contributed by atoms with Crippen molar-refractivity contribution in [2.24, 2.45) is 23.2 Å². The minimum absolute atomic E-state index is 0.0428. The second-order valence-corrected chi connectivity index (χ2v) is 8.58. The van der Waals surface area contributed by atoms with Gasteiger partial charge in [-0.15, -0.1) is 0 Å². The topological polar surface area (TPSA) is 53.6 Å². The fraction of sp³-hybridized carbons (Fsp3) is 0.778. The summed E-state index contributed by atoms with van der Waals surface area (Å²) in [5.41, 5.74) is 0.527. The molecule has 2 heterocycles. The maximum absolute atomic E-state index is 13.7. The Hall–Kier alpha value is -1.64. The van der Waals surface area contributed by atoms with Crippen LogP contribution in [0.25, 0.3) is 0 Å². The van der Waals surface area contributed by atoms with Gasteiger partial charge in [0.15, 0.2) is 0 Å². The number of nitriles is 1. The number of anilines is 1. The highest BCUT2D eigenvalue weighted by atomic mass is 19.3. The van der Waals surface area contributed by atoms with Gasteiger partial charge in [0.2, 0.25) is 0 Å². The highest BCUT2D eigenvalue weighted by Crippen LogP contribution is 2.62. The first-order chi connectivity index (χ1) is 11.6. The molecule has 6 rings (SSSR count). The van der Waals surface area contributed by atoms with Crippen molar-refractivity contribution in [1.82, 2.24) is 9.78 Å². The number of fused-ring (bicyclic) bond motifs is 1. The molecule has 24 heavy (non-hydrogen) atoms. The zero-order valence-corrected chi connectivity index (χ0v) is 13.6. The lowest BCUT2D eigenvalue weighted by Gasteiger charge is -2.60. The quantitative estimate of drug-likeness (QED) is 0.892. The second-order valence-electron chi connectivity index (χ2n) is 8.58. The van der Waals surface area contributed by atoms with Crippen LogP contribution < -0.4 is 5.32 Å². The minimum atomic E-state index is -2.45. The molecular formula is C18H22F2N4. The third-order valence-corrected chi connectivity index (χ3v) is 7.13. The van der Waals surface area contributed by atoms with Crippen molar-refractivity contribution in [3.05, 3.63) is 11.8 Å². The standard InChI is InChI=1S/C18H22F2N4/c19-16(20)14-4-15(23-17-13(8-21)9-22-24(14)17)18-5-10-1-11(6-18)3-12(2-10)7-18/h9-12,14-16,23H,1-7H2/t10?,11?,12?,14-,15+,18?/m1/s1. The number of hydrogen-bond acceptors (Lipinski definition) is 3. The Morgan fingerprint density at radius 2 is 1.79 bits per heavy atom. The van der Waals surface area contributed by atoms with Gasteiger partial charge in [0.05, 0.1) is 6.20 Å². The molecule has 0 spiro atoms. The molecule has 0 amide bonds. The molecule has 4 aliphatic carbocycles. The first-order valence-electron chi connectivity index (χ1n) is 9.10. The second kappa shape index (κ2) is 4.93. The Kier molecular flexibility index (Phi) is 3.02. The summed E-state index contributed by atoms with van der Waals surface area (Å²) in [5, 5.41) is 16.8. The molecule has 2 atom stereocenters. The fourth-order valence-corrected chi connectivity index (χ4v) is 6.62. The molecule has 4 fully saturated rings. The summed E-state index contributed by atoms with van der Waals surface area (Å²) in [5.74, 6) is 2.86. The number of hydrogen-bond donors (Lipinski definition) is 1. The number of alkyl halides is 2. The number of nitrogens with one attached hydrogen (secondary N) is 1. The van der Waals surface area contributed by atoms with Crippen LogP contribution in [0.3, 0.4) is 0 Å². The Morgan fingerprint density at radius 3 is 2.33 bits per heavy atom. The van der Waals surface area contributed by atoms with Gasteiger partial charge in [-0.25, -0.2) is 13.5 Å². The molecular weight excluding hydrogens is 310 g/mol. The van der Waals surface area contributed by atoms with Gasteiger partial charge in [-0.1, -0.05) is 0 Å². The highest BCUT2D eigenvalue weighted by Gasteiger charge is 2.56. The third kappa shape index (κ3) is 1.96. The molecule has 0 radical (unpaired) electrons. The third-order valence-electron chi connectivity index (χ3n) is 7.13. The Morgan fingerprint density at radius 1 is 1.17 bits per heavy atom. The SMILES string of the molecule is N#Cc1cnn2c1N[C@H](C13CC4CC(CC(C4)C1)C3)C[C@@H]2C(F)F. The van der Waals surface area contributed by atoms with E-state index in [0.29, 0.717) is 17.8 Å². The van der Waals surface area contributed by atoms with Crippen LogP contribution in [-0.2, 0) is 0 Å². The monoisotopic (exact) mass is 332 g/mol. The molecule has 128 valence electrons. The number of aromatic nitrogens is 2. The normalized spacial score (nSPS) is 42.7. The number of rotatable bonds is 2. The Bertz CT molecular complexity index is 669. The summed E-state index contributed by atoms with van der Waals surface area (Å²) in [6, 6.07) is 1.23. The van der Waals surface area contributed by atoms with E-state index in [1.807, 2.05) is 0 Å². The Labute approximate surface area is 140 Å². The average molecular weight is 332 g/mol. The van der Waals surface area contributed by atoms with E-state index in [2.05, 4.69) is 16.5 Å². The molecule has 6 heteroatoms. The molecule has 5 aliphatic rings.